The Kier molecular flexibility index (Phi) is 5.54. The van der Waals surface area contributed by atoms with Crippen molar-refractivity contribution >= 4 is 12.0 Å². The molecule has 0 aliphatic heterocycles. The van der Waals surface area contributed by atoms with Gasteiger partial charge in [-0.15, -0.1) is 0 Å². The number of ether oxygens (including phenoxy) is 1. The molecule has 0 aromatic carbocycles. The van der Waals surface area contributed by atoms with Crippen LogP contribution in [0.3, 0.4) is 0 Å². The highest BCUT2D eigenvalue weighted by Crippen LogP contribution is 2.17. The molecule has 0 atom stereocenters. The summed E-state index contributed by atoms with van der Waals surface area (Å²) in [7, 11) is 1.33. The summed E-state index contributed by atoms with van der Waals surface area (Å²) < 4.78 is 4.65. The largest absolute Gasteiger partial charge is 0.465 e. The number of amides is 2. The maximum absolute atomic E-state index is 11.8. The van der Waals surface area contributed by atoms with Gasteiger partial charge in [0.25, 0.3) is 0 Å². The molecule has 1 heterocycles. The van der Waals surface area contributed by atoms with Gasteiger partial charge in [-0.1, -0.05) is 19.3 Å². The molecule has 2 N–H and O–H groups in total. The van der Waals surface area contributed by atoms with Gasteiger partial charge in [0.05, 0.1) is 24.9 Å². The van der Waals surface area contributed by atoms with Gasteiger partial charge in [0, 0.05) is 12.2 Å². The molecule has 1 saturated carbocycles. The topological polar surface area (TPSA) is 80.3 Å². The van der Waals surface area contributed by atoms with E-state index in [1.807, 2.05) is 0 Å². The van der Waals surface area contributed by atoms with E-state index >= 15 is 0 Å². The summed E-state index contributed by atoms with van der Waals surface area (Å²) in [6.45, 7) is 0.281. The van der Waals surface area contributed by atoms with Crippen LogP contribution in [0.2, 0.25) is 0 Å². The third-order valence-corrected chi connectivity index (χ3v) is 3.61. The van der Waals surface area contributed by atoms with Crippen LogP contribution >= 0.6 is 0 Å². The van der Waals surface area contributed by atoms with Gasteiger partial charge in [-0.05, 0) is 25.0 Å². The number of methoxy groups -OCH3 is 1. The van der Waals surface area contributed by atoms with Crippen LogP contribution in [0.4, 0.5) is 4.79 Å². The molecule has 2 rings (SSSR count). The van der Waals surface area contributed by atoms with Crippen molar-refractivity contribution in [2.75, 3.05) is 7.11 Å². The first-order valence-electron chi connectivity index (χ1n) is 7.26. The van der Waals surface area contributed by atoms with Crippen LogP contribution < -0.4 is 10.6 Å². The Labute approximate surface area is 124 Å². The van der Waals surface area contributed by atoms with Crippen molar-refractivity contribution < 1.29 is 14.3 Å². The molecule has 1 aliphatic carbocycles. The highest BCUT2D eigenvalue weighted by Gasteiger charge is 2.15. The molecule has 21 heavy (non-hydrogen) atoms. The Bertz CT molecular complexity index is 499. The number of hydrogen-bond donors (Lipinski definition) is 2. The number of urea groups is 1. The first kappa shape index (κ1) is 15.3. The van der Waals surface area contributed by atoms with E-state index < -0.39 is 5.97 Å². The quantitative estimate of drug-likeness (QED) is 0.831. The van der Waals surface area contributed by atoms with E-state index in [2.05, 4.69) is 20.4 Å². The highest BCUT2D eigenvalue weighted by atomic mass is 16.5. The number of hydrogen-bond acceptors (Lipinski definition) is 4. The second-order valence-corrected chi connectivity index (χ2v) is 5.19. The number of carbonyl (C=O) groups is 2. The van der Waals surface area contributed by atoms with E-state index in [4.69, 9.17) is 0 Å². The third kappa shape index (κ3) is 4.73. The predicted octanol–water partition coefficient (Wildman–Crippen LogP) is 2.00. The van der Waals surface area contributed by atoms with Crippen LogP contribution in [0, 0.1) is 0 Å². The minimum atomic E-state index is -0.412. The molecule has 1 aliphatic rings. The standard InChI is InChI=1S/C15H21N3O3/c1-21-14(19)11-7-8-16-13(9-11)10-17-15(20)18-12-5-3-2-4-6-12/h7-9,12H,2-6,10H2,1H3,(H2,17,18,20). The Morgan fingerprint density at radius 3 is 2.81 bits per heavy atom. The van der Waals surface area contributed by atoms with E-state index in [0.717, 1.165) is 12.8 Å². The Balaban J connectivity index is 1.81. The number of esters is 1. The van der Waals surface area contributed by atoms with Gasteiger partial charge in [-0.25, -0.2) is 9.59 Å². The minimum Gasteiger partial charge on any atom is -0.465 e. The van der Waals surface area contributed by atoms with Crippen molar-refractivity contribution in [3.05, 3.63) is 29.6 Å². The second kappa shape index (κ2) is 7.61. The van der Waals surface area contributed by atoms with Gasteiger partial charge >= 0.3 is 12.0 Å². The van der Waals surface area contributed by atoms with E-state index in [1.54, 1.807) is 12.1 Å². The monoisotopic (exact) mass is 291 g/mol. The predicted molar refractivity (Wildman–Crippen MR) is 77.8 cm³/mol. The Morgan fingerprint density at radius 2 is 2.10 bits per heavy atom. The third-order valence-electron chi connectivity index (χ3n) is 3.61. The van der Waals surface area contributed by atoms with Gasteiger partial charge in [-0.2, -0.15) is 0 Å². The van der Waals surface area contributed by atoms with Crippen molar-refractivity contribution in [1.29, 1.82) is 0 Å². The summed E-state index contributed by atoms with van der Waals surface area (Å²) in [5.74, 6) is -0.412. The summed E-state index contributed by atoms with van der Waals surface area (Å²) in [5, 5.41) is 5.73. The van der Waals surface area contributed by atoms with Crippen molar-refractivity contribution in [2.45, 2.75) is 44.7 Å². The summed E-state index contributed by atoms with van der Waals surface area (Å²) >= 11 is 0. The van der Waals surface area contributed by atoms with Crippen molar-refractivity contribution in [2.24, 2.45) is 0 Å². The van der Waals surface area contributed by atoms with Crippen molar-refractivity contribution in [1.82, 2.24) is 15.6 Å². The zero-order valence-corrected chi connectivity index (χ0v) is 12.2. The first-order valence-corrected chi connectivity index (χ1v) is 7.26. The van der Waals surface area contributed by atoms with Crippen LogP contribution in [-0.4, -0.2) is 30.1 Å². The van der Waals surface area contributed by atoms with Gasteiger partial charge in [0.15, 0.2) is 0 Å². The van der Waals surface area contributed by atoms with Gasteiger partial charge in [0.2, 0.25) is 0 Å². The van der Waals surface area contributed by atoms with Crippen LogP contribution in [0.15, 0.2) is 18.3 Å². The SMILES string of the molecule is COC(=O)c1ccnc(CNC(=O)NC2CCCCC2)c1. The molecule has 0 spiro atoms. The summed E-state index contributed by atoms with van der Waals surface area (Å²) in [6, 6.07) is 3.28. The number of pyridine rings is 1. The lowest BCUT2D eigenvalue weighted by atomic mass is 9.96. The van der Waals surface area contributed by atoms with E-state index in [-0.39, 0.29) is 18.6 Å². The van der Waals surface area contributed by atoms with Gasteiger partial charge in [-0.3, -0.25) is 4.98 Å². The number of nitrogens with one attached hydrogen (secondary N) is 2. The van der Waals surface area contributed by atoms with Crippen LogP contribution in [0.1, 0.15) is 48.2 Å². The Hall–Kier alpha value is -2.11. The van der Waals surface area contributed by atoms with E-state index in [1.165, 1.54) is 32.6 Å². The fourth-order valence-electron chi connectivity index (χ4n) is 2.47. The summed E-state index contributed by atoms with van der Waals surface area (Å²) in [6.07, 6.45) is 7.22. The summed E-state index contributed by atoms with van der Waals surface area (Å²) in [4.78, 5) is 27.4. The molecule has 114 valence electrons. The lowest BCUT2D eigenvalue weighted by molar-refractivity contribution is 0.0600. The molecule has 0 bridgehead atoms. The number of carbonyl (C=O) groups excluding carboxylic acids is 2. The number of aromatic nitrogens is 1. The highest BCUT2D eigenvalue weighted by molar-refractivity contribution is 5.89. The first-order chi connectivity index (χ1) is 10.2. The molecule has 0 saturated heterocycles. The van der Waals surface area contributed by atoms with Gasteiger partial charge < -0.3 is 15.4 Å². The summed E-state index contributed by atoms with van der Waals surface area (Å²) in [5.41, 5.74) is 1.05. The molecule has 0 radical (unpaired) electrons. The molecule has 1 aromatic heterocycles. The van der Waals surface area contributed by atoms with Crippen LogP contribution in [0.25, 0.3) is 0 Å². The minimum absolute atomic E-state index is 0.188. The fourth-order valence-corrected chi connectivity index (χ4v) is 2.47. The zero-order chi connectivity index (χ0) is 15.1. The van der Waals surface area contributed by atoms with Crippen LogP contribution in [-0.2, 0) is 11.3 Å². The molecular formula is C15H21N3O3. The molecule has 1 aromatic rings. The normalized spacial score (nSPS) is 15.3. The molecule has 0 unspecified atom stereocenters. The molecule has 1 fully saturated rings. The second-order valence-electron chi connectivity index (χ2n) is 5.19. The lowest BCUT2D eigenvalue weighted by Gasteiger charge is -2.22. The lowest BCUT2D eigenvalue weighted by Crippen LogP contribution is -2.42. The average molecular weight is 291 g/mol. The molecular weight excluding hydrogens is 270 g/mol. The maximum atomic E-state index is 11.8. The van der Waals surface area contributed by atoms with E-state index in [0.29, 0.717) is 11.3 Å². The number of rotatable bonds is 4. The fraction of sp³-hybridized carbons (Fsp3) is 0.533. The molecule has 2 amide bonds. The average Bonchev–Trinajstić information content (AvgIpc) is 2.53. The smallest absolute Gasteiger partial charge is 0.337 e. The Morgan fingerprint density at radius 1 is 1.33 bits per heavy atom. The van der Waals surface area contributed by atoms with Crippen molar-refractivity contribution in [3.63, 3.8) is 0 Å². The zero-order valence-electron chi connectivity index (χ0n) is 12.2. The van der Waals surface area contributed by atoms with Crippen LogP contribution in [0.5, 0.6) is 0 Å². The molecule has 6 heteroatoms. The van der Waals surface area contributed by atoms with Gasteiger partial charge in [0.1, 0.15) is 0 Å². The molecule has 6 nitrogen and oxygen atoms in total. The maximum Gasteiger partial charge on any atom is 0.337 e. The number of nitrogens with zero attached hydrogens (tertiary/aromatic N) is 1. The van der Waals surface area contributed by atoms with E-state index in [9.17, 15) is 9.59 Å². The van der Waals surface area contributed by atoms with Crippen molar-refractivity contribution in [3.8, 4) is 0 Å².